The Balaban J connectivity index is 1.83. The predicted molar refractivity (Wildman–Crippen MR) is 64.1 cm³/mol. The van der Waals surface area contributed by atoms with Gasteiger partial charge in [0, 0.05) is 17.5 Å². The number of hydrogen-bond acceptors (Lipinski definition) is 5. The number of pyridine rings is 1. The molecule has 0 unspecified atom stereocenters. The number of carbonyl (C=O) groups is 1. The predicted octanol–water partition coefficient (Wildman–Crippen LogP) is 2.06. The van der Waals surface area contributed by atoms with Crippen LogP contribution in [0.1, 0.15) is 34.9 Å². The van der Waals surface area contributed by atoms with Crippen molar-refractivity contribution >= 4 is 23.1 Å². The standard InChI is InChI=1S/C11H10N4OS/c16-11(9-6-17-15-14-9)13-8-2-1-5-12-10(8)7-3-4-7/h1-2,5-7H,3-4H2,(H,13,16). The van der Waals surface area contributed by atoms with Crippen LogP contribution in [0.15, 0.2) is 23.7 Å². The molecule has 1 N–H and O–H groups in total. The number of anilines is 1. The summed E-state index contributed by atoms with van der Waals surface area (Å²) in [5.74, 6) is 0.272. The molecule has 0 aromatic carbocycles. The van der Waals surface area contributed by atoms with E-state index in [-0.39, 0.29) is 5.91 Å². The highest BCUT2D eigenvalue weighted by Gasteiger charge is 2.28. The van der Waals surface area contributed by atoms with Crippen LogP contribution >= 0.6 is 11.5 Å². The van der Waals surface area contributed by atoms with E-state index >= 15 is 0 Å². The summed E-state index contributed by atoms with van der Waals surface area (Å²) < 4.78 is 3.67. The fraction of sp³-hybridized carbons (Fsp3) is 0.273. The Kier molecular flexibility index (Phi) is 2.56. The van der Waals surface area contributed by atoms with Crippen LogP contribution in [-0.2, 0) is 0 Å². The number of rotatable bonds is 3. The normalized spacial score (nSPS) is 14.6. The molecule has 1 fully saturated rings. The zero-order chi connectivity index (χ0) is 11.7. The third kappa shape index (κ3) is 2.16. The van der Waals surface area contributed by atoms with Gasteiger partial charge in [0.15, 0.2) is 5.69 Å². The van der Waals surface area contributed by atoms with Gasteiger partial charge in [-0.05, 0) is 36.5 Å². The van der Waals surface area contributed by atoms with E-state index in [1.807, 2.05) is 12.1 Å². The largest absolute Gasteiger partial charge is 0.319 e. The van der Waals surface area contributed by atoms with Gasteiger partial charge in [-0.15, -0.1) is 5.10 Å². The van der Waals surface area contributed by atoms with Crippen molar-refractivity contribution in [1.82, 2.24) is 14.6 Å². The molecular weight excluding hydrogens is 236 g/mol. The fourth-order valence-corrected chi connectivity index (χ4v) is 2.09. The number of aromatic nitrogens is 3. The summed E-state index contributed by atoms with van der Waals surface area (Å²) in [6.07, 6.45) is 4.06. The summed E-state index contributed by atoms with van der Waals surface area (Å²) in [7, 11) is 0. The van der Waals surface area contributed by atoms with Gasteiger partial charge in [-0.1, -0.05) is 4.49 Å². The highest BCUT2D eigenvalue weighted by atomic mass is 32.1. The molecule has 0 bridgehead atoms. The molecule has 1 aliphatic carbocycles. The lowest BCUT2D eigenvalue weighted by Crippen LogP contribution is -2.14. The minimum Gasteiger partial charge on any atom is -0.319 e. The van der Waals surface area contributed by atoms with E-state index in [2.05, 4.69) is 19.9 Å². The van der Waals surface area contributed by atoms with Crippen molar-refractivity contribution in [2.45, 2.75) is 18.8 Å². The summed E-state index contributed by atoms with van der Waals surface area (Å²) in [5, 5.41) is 8.20. The molecule has 2 heterocycles. The molecule has 0 spiro atoms. The maximum atomic E-state index is 11.8. The second-order valence-electron chi connectivity index (χ2n) is 3.95. The lowest BCUT2D eigenvalue weighted by atomic mass is 10.2. The average Bonchev–Trinajstić information content (AvgIpc) is 3.04. The summed E-state index contributed by atoms with van der Waals surface area (Å²) >= 11 is 1.16. The van der Waals surface area contributed by atoms with E-state index in [9.17, 15) is 4.79 Å². The van der Waals surface area contributed by atoms with Gasteiger partial charge in [-0.25, -0.2) is 0 Å². The van der Waals surface area contributed by atoms with Crippen LogP contribution in [-0.4, -0.2) is 20.5 Å². The highest BCUT2D eigenvalue weighted by molar-refractivity contribution is 7.03. The van der Waals surface area contributed by atoms with E-state index in [0.717, 1.165) is 35.8 Å². The molecule has 0 saturated heterocycles. The van der Waals surface area contributed by atoms with Gasteiger partial charge in [0.25, 0.3) is 5.91 Å². The Labute approximate surface area is 102 Å². The van der Waals surface area contributed by atoms with Crippen LogP contribution in [0, 0.1) is 0 Å². The van der Waals surface area contributed by atoms with Gasteiger partial charge < -0.3 is 5.32 Å². The molecule has 5 nitrogen and oxygen atoms in total. The lowest BCUT2D eigenvalue weighted by molar-refractivity contribution is 0.102. The van der Waals surface area contributed by atoms with Crippen molar-refractivity contribution in [3.8, 4) is 0 Å². The first-order valence-electron chi connectivity index (χ1n) is 5.38. The van der Waals surface area contributed by atoms with Crippen LogP contribution in [0.25, 0.3) is 0 Å². The van der Waals surface area contributed by atoms with Gasteiger partial charge in [-0.2, -0.15) is 0 Å². The van der Waals surface area contributed by atoms with Crippen LogP contribution in [0.5, 0.6) is 0 Å². The van der Waals surface area contributed by atoms with Crippen molar-refractivity contribution in [3.05, 3.63) is 35.1 Å². The van der Waals surface area contributed by atoms with Crippen LogP contribution in [0.4, 0.5) is 5.69 Å². The van der Waals surface area contributed by atoms with E-state index in [0.29, 0.717) is 11.6 Å². The Morgan fingerprint density at radius 3 is 3.06 bits per heavy atom. The summed E-state index contributed by atoms with van der Waals surface area (Å²) in [6, 6.07) is 3.69. The second kappa shape index (κ2) is 4.21. The lowest BCUT2D eigenvalue weighted by Gasteiger charge is -2.07. The number of hydrogen-bond donors (Lipinski definition) is 1. The Morgan fingerprint density at radius 2 is 2.35 bits per heavy atom. The quantitative estimate of drug-likeness (QED) is 0.900. The summed E-state index contributed by atoms with van der Waals surface area (Å²) in [6.45, 7) is 0. The van der Waals surface area contributed by atoms with E-state index in [1.54, 1.807) is 11.6 Å². The first kappa shape index (κ1) is 10.3. The number of amides is 1. The van der Waals surface area contributed by atoms with E-state index in [4.69, 9.17) is 0 Å². The van der Waals surface area contributed by atoms with Crippen molar-refractivity contribution in [2.75, 3.05) is 5.32 Å². The number of nitrogens with one attached hydrogen (secondary N) is 1. The maximum Gasteiger partial charge on any atom is 0.277 e. The van der Waals surface area contributed by atoms with E-state index < -0.39 is 0 Å². The molecule has 0 aliphatic heterocycles. The van der Waals surface area contributed by atoms with Gasteiger partial charge >= 0.3 is 0 Å². The molecule has 1 amide bonds. The Morgan fingerprint density at radius 1 is 1.47 bits per heavy atom. The first-order chi connectivity index (χ1) is 8.34. The van der Waals surface area contributed by atoms with Crippen molar-refractivity contribution in [1.29, 1.82) is 0 Å². The summed E-state index contributed by atoms with van der Waals surface area (Å²) in [4.78, 5) is 16.2. The van der Waals surface area contributed by atoms with Crippen molar-refractivity contribution in [2.24, 2.45) is 0 Å². The van der Waals surface area contributed by atoms with Gasteiger partial charge in [0.2, 0.25) is 0 Å². The zero-order valence-electron chi connectivity index (χ0n) is 8.96. The van der Waals surface area contributed by atoms with Crippen LogP contribution in [0.2, 0.25) is 0 Å². The molecule has 0 atom stereocenters. The summed E-state index contributed by atoms with van der Waals surface area (Å²) in [5.41, 5.74) is 2.11. The molecule has 2 aromatic heterocycles. The topological polar surface area (TPSA) is 67.8 Å². The molecule has 2 aromatic rings. The van der Waals surface area contributed by atoms with E-state index in [1.165, 1.54) is 0 Å². The average molecular weight is 246 g/mol. The Bertz CT molecular complexity index is 536. The van der Waals surface area contributed by atoms with Gasteiger partial charge in [0.05, 0.1) is 11.4 Å². The molecule has 0 radical (unpaired) electrons. The highest BCUT2D eigenvalue weighted by Crippen LogP contribution is 2.42. The molecule has 3 rings (SSSR count). The maximum absolute atomic E-state index is 11.8. The molecule has 17 heavy (non-hydrogen) atoms. The minimum atomic E-state index is -0.228. The van der Waals surface area contributed by atoms with Crippen LogP contribution in [0.3, 0.4) is 0 Å². The van der Waals surface area contributed by atoms with Crippen molar-refractivity contribution in [3.63, 3.8) is 0 Å². The third-order valence-corrected chi connectivity index (χ3v) is 3.15. The van der Waals surface area contributed by atoms with Gasteiger partial charge in [0.1, 0.15) is 0 Å². The molecular formula is C11H10N4OS. The SMILES string of the molecule is O=C(Nc1cccnc1C1CC1)c1csnn1. The zero-order valence-corrected chi connectivity index (χ0v) is 9.78. The smallest absolute Gasteiger partial charge is 0.277 e. The van der Waals surface area contributed by atoms with Crippen LogP contribution < -0.4 is 5.32 Å². The first-order valence-corrected chi connectivity index (χ1v) is 6.21. The molecule has 1 saturated carbocycles. The second-order valence-corrected chi connectivity index (χ2v) is 4.56. The third-order valence-electron chi connectivity index (χ3n) is 2.64. The van der Waals surface area contributed by atoms with Crippen molar-refractivity contribution < 1.29 is 4.79 Å². The molecule has 1 aliphatic rings. The Hall–Kier alpha value is -1.82. The molecule has 86 valence electrons. The minimum absolute atomic E-state index is 0.228. The van der Waals surface area contributed by atoms with Gasteiger partial charge in [-0.3, -0.25) is 9.78 Å². The molecule has 6 heteroatoms. The fourth-order valence-electron chi connectivity index (χ4n) is 1.66. The monoisotopic (exact) mass is 246 g/mol. The number of nitrogens with zero attached hydrogens (tertiary/aromatic N) is 3. The number of carbonyl (C=O) groups excluding carboxylic acids is 1.